The number of benzene rings is 2. The van der Waals surface area contributed by atoms with Crippen LogP contribution in [0.5, 0.6) is 5.75 Å². The van der Waals surface area contributed by atoms with Crippen LogP contribution in [0.15, 0.2) is 36.4 Å². The number of fused-ring (bicyclic) bond motifs is 1. The van der Waals surface area contributed by atoms with E-state index in [0.29, 0.717) is 22.7 Å². The van der Waals surface area contributed by atoms with Crippen molar-refractivity contribution in [3.8, 4) is 5.75 Å². The van der Waals surface area contributed by atoms with Gasteiger partial charge in [-0.1, -0.05) is 6.07 Å². The summed E-state index contributed by atoms with van der Waals surface area (Å²) in [7, 11) is 0. The van der Waals surface area contributed by atoms with Crippen LogP contribution in [0, 0.1) is 19.3 Å². The summed E-state index contributed by atoms with van der Waals surface area (Å²) in [6, 6.07) is 10.8. The van der Waals surface area contributed by atoms with Crippen molar-refractivity contribution in [2.24, 2.45) is 5.41 Å². The lowest BCUT2D eigenvalue weighted by molar-refractivity contribution is -0.124. The molecule has 5 nitrogen and oxygen atoms in total. The fourth-order valence-corrected chi connectivity index (χ4v) is 2.52. The normalized spacial score (nSPS) is 15.4. The van der Waals surface area contributed by atoms with Crippen molar-refractivity contribution in [1.29, 1.82) is 0 Å². The summed E-state index contributed by atoms with van der Waals surface area (Å²) in [6.07, 6.45) is 0. The van der Waals surface area contributed by atoms with Gasteiger partial charge in [0.1, 0.15) is 12.4 Å². The molecule has 0 atom stereocenters. The summed E-state index contributed by atoms with van der Waals surface area (Å²) < 4.78 is 5.76. The highest BCUT2D eigenvalue weighted by Gasteiger charge is 2.32. The summed E-state index contributed by atoms with van der Waals surface area (Å²) in [5, 5.41) is 5.74. The van der Waals surface area contributed by atoms with Crippen molar-refractivity contribution in [3.63, 3.8) is 0 Å². The number of aryl methyl sites for hydroxylation is 2. The van der Waals surface area contributed by atoms with Crippen LogP contribution in [0.3, 0.4) is 0 Å². The number of hydrogen-bond donors (Lipinski definition) is 2. The van der Waals surface area contributed by atoms with Crippen LogP contribution in [-0.2, 0) is 4.79 Å². The Morgan fingerprint density at radius 3 is 2.60 bits per heavy atom. The zero-order valence-electron chi connectivity index (χ0n) is 14.9. The Labute approximate surface area is 147 Å². The van der Waals surface area contributed by atoms with Crippen LogP contribution < -0.4 is 15.4 Å². The number of nitrogens with one attached hydrogen (secondary N) is 2. The number of anilines is 2. The number of rotatable bonds is 2. The molecule has 1 aliphatic heterocycles. The average molecular weight is 338 g/mol. The molecule has 1 heterocycles. The lowest BCUT2D eigenvalue weighted by Gasteiger charge is -2.18. The molecule has 0 unspecified atom stereocenters. The fraction of sp³-hybridized carbons (Fsp3) is 0.300. The van der Waals surface area contributed by atoms with E-state index in [2.05, 4.69) is 10.6 Å². The highest BCUT2D eigenvalue weighted by molar-refractivity contribution is 6.05. The van der Waals surface area contributed by atoms with Crippen LogP contribution in [0.25, 0.3) is 0 Å². The molecule has 2 N–H and O–H groups in total. The van der Waals surface area contributed by atoms with E-state index in [1.807, 2.05) is 39.8 Å². The summed E-state index contributed by atoms with van der Waals surface area (Å²) in [5.74, 6) is 0.288. The van der Waals surface area contributed by atoms with Crippen LogP contribution in [0.2, 0.25) is 0 Å². The molecule has 2 aromatic carbocycles. The summed E-state index contributed by atoms with van der Waals surface area (Å²) in [6.45, 7) is 7.93. The molecule has 1 aliphatic rings. The lowest BCUT2D eigenvalue weighted by atomic mass is 9.94. The molecule has 0 aromatic heterocycles. The molecule has 2 aromatic rings. The minimum absolute atomic E-state index is 0.0850. The summed E-state index contributed by atoms with van der Waals surface area (Å²) in [4.78, 5) is 24.6. The average Bonchev–Trinajstić information content (AvgIpc) is 2.67. The fourth-order valence-electron chi connectivity index (χ4n) is 2.52. The van der Waals surface area contributed by atoms with Crippen molar-refractivity contribution in [2.45, 2.75) is 27.7 Å². The molecule has 25 heavy (non-hydrogen) atoms. The first-order valence-corrected chi connectivity index (χ1v) is 8.23. The van der Waals surface area contributed by atoms with E-state index < -0.39 is 5.41 Å². The van der Waals surface area contributed by atoms with Crippen molar-refractivity contribution < 1.29 is 14.3 Å². The number of carbonyl (C=O) groups is 2. The van der Waals surface area contributed by atoms with Gasteiger partial charge in [0.05, 0.1) is 11.1 Å². The SMILES string of the molecule is Cc1ccc(C(=O)Nc2ccc3c(c2)OCC(C)(C)C(=O)N3)cc1C. The first kappa shape index (κ1) is 17.0. The molecule has 0 fully saturated rings. The van der Waals surface area contributed by atoms with Gasteiger partial charge in [0, 0.05) is 17.3 Å². The maximum absolute atomic E-state index is 12.4. The van der Waals surface area contributed by atoms with E-state index in [0.717, 1.165) is 11.1 Å². The lowest BCUT2D eigenvalue weighted by Crippen LogP contribution is -2.33. The van der Waals surface area contributed by atoms with Gasteiger partial charge in [-0.2, -0.15) is 0 Å². The Hall–Kier alpha value is -2.82. The van der Waals surface area contributed by atoms with E-state index in [9.17, 15) is 9.59 Å². The molecule has 130 valence electrons. The predicted molar refractivity (Wildman–Crippen MR) is 98.2 cm³/mol. The first-order chi connectivity index (χ1) is 11.8. The van der Waals surface area contributed by atoms with Crippen LogP contribution in [-0.4, -0.2) is 18.4 Å². The largest absolute Gasteiger partial charge is 0.490 e. The monoisotopic (exact) mass is 338 g/mol. The Morgan fingerprint density at radius 1 is 1.12 bits per heavy atom. The van der Waals surface area contributed by atoms with Gasteiger partial charge in [-0.3, -0.25) is 9.59 Å². The van der Waals surface area contributed by atoms with E-state index >= 15 is 0 Å². The highest BCUT2D eigenvalue weighted by Crippen LogP contribution is 2.34. The zero-order chi connectivity index (χ0) is 18.2. The molecule has 5 heteroatoms. The van der Waals surface area contributed by atoms with Crippen molar-refractivity contribution >= 4 is 23.2 Å². The van der Waals surface area contributed by atoms with Crippen molar-refractivity contribution in [2.75, 3.05) is 17.2 Å². The number of hydrogen-bond acceptors (Lipinski definition) is 3. The van der Waals surface area contributed by atoms with Crippen LogP contribution in [0.1, 0.15) is 35.3 Å². The van der Waals surface area contributed by atoms with Gasteiger partial charge in [0.25, 0.3) is 5.91 Å². The third-order valence-electron chi connectivity index (χ3n) is 4.46. The molecule has 0 radical (unpaired) electrons. The van der Waals surface area contributed by atoms with E-state index in [1.54, 1.807) is 24.3 Å². The van der Waals surface area contributed by atoms with Gasteiger partial charge in [0.2, 0.25) is 5.91 Å². The molecule has 0 saturated heterocycles. The van der Waals surface area contributed by atoms with Crippen molar-refractivity contribution in [1.82, 2.24) is 0 Å². The second kappa shape index (κ2) is 6.24. The maximum atomic E-state index is 12.4. The van der Waals surface area contributed by atoms with E-state index in [1.165, 1.54) is 0 Å². The Bertz CT molecular complexity index is 856. The van der Waals surface area contributed by atoms with Crippen molar-refractivity contribution in [3.05, 3.63) is 53.1 Å². The van der Waals surface area contributed by atoms with Gasteiger partial charge >= 0.3 is 0 Å². The quantitative estimate of drug-likeness (QED) is 0.872. The minimum Gasteiger partial charge on any atom is -0.490 e. The number of carbonyl (C=O) groups excluding carboxylic acids is 2. The third-order valence-corrected chi connectivity index (χ3v) is 4.46. The minimum atomic E-state index is -0.609. The molecule has 0 aliphatic carbocycles. The molecule has 2 amide bonds. The van der Waals surface area contributed by atoms with Gasteiger partial charge in [-0.15, -0.1) is 0 Å². The zero-order valence-corrected chi connectivity index (χ0v) is 14.9. The van der Waals surface area contributed by atoms with Gasteiger partial charge in [-0.25, -0.2) is 0 Å². The topological polar surface area (TPSA) is 67.4 Å². The maximum Gasteiger partial charge on any atom is 0.255 e. The Morgan fingerprint density at radius 2 is 1.88 bits per heavy atom. The highest BCUT2D eigenvalue weighted by atomic mass is 16.5. The second-order valence-electron chi connectivity index (χ2n) is 7.09. The Kier molecular flexibility index (Phi) is 4.25. The predicted octanol–water partition coefficient (Wildman–Crippen LogP) is 3.91. The smallest absolute Gasteiger partial charge is 0.255 e. The first-order valence-electron chi connectivity index (χ1n) is 8.23. The summed E-state index contributed by atoms with van der Waals surface area (Å²) in [5.41, 5.74) is 3.45. The third kappa shape index (κ3) is 3.50. The molecule has 3 rings (SSSR count). The molecular formula is C20H22N2O3. The molecule has 0 bridgehead atoms. The molecule has 0 spiro atoms. The van der Waals surface area contributed by atoms with Crippen LogP contribution >= 0.6 is 0 Å². The standard InChI is InChI=1S/C20H22N2O3/c1-12-5-6-14(9-13(12)2)18(23)21-15-7-8-16-17(10-15)25-11-20(3,4)19(24)22-16/h5-10H,11H2,1-4H3,(H,21,23)(H,22,24). The number of ether oxygens (including phenoxy) is 1. The number of amides is 2. The summed E-state index contributed by atoms with van der Waals surface area (Å²) >= 11 is 0. The molecule has 0 saturated carbocycles. The van der Waals surface area contributed by atoms with Gasteiger partial charge in [-0.05, 0) is 63.1 Å². The van der Waals surface area contributed by atoms with Gasteiger partial charge < -0.3 is 15.4 Å². The Balaban J connectivity index is 1.81. The van der Waals surface area contributed by atoms with Gasteiger partial charge in [0.15, 0.2) is 0 Å². The van der Waals surface area contributed by atoms with Crippen LogP contribution in [0.4, 0.5) is 11.4 Å². The van der Waals surface area contributed by atoms with E-state index in [-0.39, 0.29) is 18.4 Å². The molecular weight excluding hydrogens is 316 g/mol. The second-order valence-corrected chi connectivity index (χ2v) is 7.09. The van der Waals surface area contributed by atoms with E-state index in [4.69, 9.17) is 4.74 Å².